The Bertz CT molecular complexity index is 748. The number of nitrogens with one attached hydrogen (secondary N) is 2. The van der Waals surface area contributed by atoms with E-state index >= 15 is 0 Å². The van der Waals surface area contributed by atoms with Crippen LogP contribution in [-0.4, -0.2) is 18.6 Å². The molecular formula is C15H11ClN2O4. The summed E-state index contributed by atoms with van der Waals surface area (Å²) in [5.41, 5.74) is 5.24. The maximum Gasteiger partial charge on any atom is 0.271 e. The first kappa shape index (κ1) is 14.2. The van der Waals surface area contributed by atoms with Crippen LogP contribution in [0.1, 0.15) is 20.7 Å². The molecule has 0 aliphatic carbocycles. The van der Waals surface area contributed by atoms with Gasteiger partial charge in [-0.2, -0.15) is 0 Å². The number of hydrazine groups is 1. The average Bonchev–Trinajstić information content (AvgIpc) is 3.00. The summed E-state index contributed by atoms with van der Waals surface area (Å²) < 4.78 is 10.4. The van der Waals surface area contributed by atoms with Gasteiger partial charge in [0.25, 0.3) is 11.8 Å². The summed E-state index contributed by atoms with van der Waals surface area (Å²) in [6.07, 6.45) is 0. The summed E-state index contributed by atoms with van der Waals surface area (Å²) in [6.45, 7) is 0.129. The van der Waals surface area contributed by atoms with Crippen molar-refractivity contribution in [2.45, 2.75) is 0 Å². The summed E-state index contributed by atoms with van der Waals surface area (Å²) >= 11 is 5.91. The highest BCUT2D eigenvalue weighted by atomic mass is 35.5. The Hall–Kier alpha value is -2.73. The van der Waals surface area contributed by atoms with Crippen LogP contribution in [0.15, 0.2) is 42.5 Å². The highest BCUT2D eigenvalue weighted by Crippen LogP contribution is 2.32. The van der Waals surface area contributed by atoms with Crippen LogP contribution in [0.2, 0.25) is 5.02 Å². The minimum atomic E-state index is -0.500. The number of benzene rings is 2. The Morgan fingerprint density at radius 1 is 0.955 bits per heavy atom. The lowest BCUT2D eigenvalue weighted by atomic mass is 10.2. The molecule has 0 saturated carbocycles. The van der Waals surface area contributed by atoms with Gasteiger partial charge in [0.1, 0.15) is 0 Å². The molecule has 1 heterocycles. The molecule has 0 fully saturated rings. The minimum absolute atomic E-state index is 0.129. The smallest absolute Gasteiger partial charge is 0.271 e. The van der Waals surface area contributed by atoms with E-state index in [4.69, 9.17) is 21.1 Å². The van der Waals surface area contributed by atoms with Crippen molar-refractivity contribution in [1.82, 2.24) is 10.9 Å². The van der Waals surface area contributed by atoms with Crippen molar-refractivity contribution in [2.24, 2.45) is 0 Å². The van der Waals surface area contributed by atoms with Crippen LogP contribution >= 0.6 is 11.6 Å². The van der Waals surface area contributed by atoms with E-state index in [-0.39, 0.29) is 12.4 Å². The van der Waals surface area contributed by atoms with Gasteiger partial charge in [0.2, 0.25) is 6.79 Å². The van der Waals surface area contributed by atoms with Gasteiger partial charge in [-0.3, -0.25) is 20.4 Å². The maximum atomic E-state index is 12.0. The number of hydrogen-bond acceptors (Lipinski definition) is 4. The minimum Gasteiger partial charge on any atom is -0.454 e. The van der Waals surface area contributed by atoms with Crippen molar-refractivity contribution in [2.75, 3.05) is 6.79 Å². The van der Waals surface area contributed by atoms with Crippen LogP contribution in [0.4, 0.5) is 0 Å². The topological polar surface area (TPSA) is 76.7 Å². The predicted octanol–water partition coefficient (Wildman–Crippen LogP) is 2.14. The standard InChI is InChI=1S/C15H11ClN2O4/c16-11-4-2-1-3-10(11)15(20)18-17-14(19)9-5-6-12-13(7-9)22-8-21-12/h1-7H,8H2,(H,17,19)(H,18,20). The largest absolute Gasteiger partial charge is 0.454 e. The van der Waals surface area contributed by atoms with Crippen LogP contribution in [0, 0.1) is 0 Å². The Morgan fingerprint density at radius 3 is 2.50 bits per heavy atom. The zero-order valence-electron chi connectivity index (χ0n) is 11.3. The Labute approximate surface area is 131 Å². The molecule has 0 bridgehead atoms. The van der Waals surface area contributed by atoms with E-state index < -0.39 is 11.8 Å². The molecule has 0 radical (unpaired) electrons. The van der Waals surface area contributed by atoms with Crippen LogP contribution in [0.25, 0.3) is 0 Å². The molecule has 7 heteroatoms. The lowest BCUT2D eigenvalue weighted by molar-refractivity contribution is 0.0846. The highest BCUT2D eigenvalue weighted by molar-refractivity contribution is 6.33. The molecular weight excluding hydrogens is 308 g/mol. The summed E-state index contributed by atoms with van der Waals surface area (Å²) in [6, 6.07) is 11.3. The highest BCUT2D eigenvalue weighted by Gasteiger charge is 2.17. The third-order valence-electron chi connectivity index (χ3n) is 3.04. The van der Waals surface area contributed by atoms with Crippen LogP contribution in [0.3, 0.4) is 0 Å². The van der Waals surface area contributed by atoms with E-state index in [1.54, 1.807) is 42.5 Å². The van der Waals surface area contributed by atoms with Crippen molar-refractivity contribution < 1.29 is 19.1 Å². The molecule has 0 unspecified atom stereocenters. The molecule has 6 nitrogen and oxygen atoms in total. The van der Waals surface area contributed by atoms with Crippen molar-refractivity contribution in [3.8, 4) is 11.5 Å². The zero-order valence-corrected chi connectivity index (χ0v) is 12.0. The molecule has 112 valence electrons. The normalized spacial score (nSPS) is 11.9. The van der Waals surface area contributed by atoms with Gasteiger partial charge in [-0.05, 0) is 30.3 Å². The van der Waals surface area contributed by atoms with Crippen molar-refractivity contribution in [3.63, 3.8) is 0 Å². The Kier molecular flexibility index (Phi) is 3.84. The van der Waals surface area contributed by atoms with Crippen LogP contribution in [0.5, 0.6) is 11.5 Å². The second-order valence-corrected chi connectivity index (χ2v) is 4.86. The van der Waals surface area contributed by atoms with Gasteiger partial charge in [0.15, 0.2) is 11.5 Å². The molecule has 0 aromatic heterocycles. The predicted molar refractivity (Wildman–Crippen MR) is 78.9 cm³/mol. The number of hydrogen-bond donors (Lipinski definition) is 2. The zero-order chi connectivity index (χ0) is 15.5. The molecule has 2 aromatic carbocycles. The van der Waals surface area contributed by atoms with Gasteiger partial charge in [-0.1, -0.05) is 23.7 Å². The number of rotatable bonds is 2. The van der Waals surface area contributed by atoms with Gasteiger partial charge in [-0.25, -0.2) is 0 Å². The fraction of sp³-hybridized carbons (Fsp3) is 0.0667. The van der Waals surface area contributed by atoms with E-state index in [1.807, 2.05) is 0 Å². The van der Waals surface area contributed by atoms with E-state index in [9.17, 15) is 9.59 Å². The SMILES string of the molecule is O=C(NNC(=O)c1ccccc1Cl)c1ccc2c(c1)OCO2. The number of carbonyl (C=O) groups excluding carboxylic acids is 2. The fourth-order valence-electron chi connectivity index (χ4n) is 1.94. The molecule has 2 N–H and O–H groups in total. The molecule has 22 heavy (non-hydrogen) atoms. The summed E-state index contributed by atoms with van der Waals surface area (Å²) in [5.74, 6) is 0.0973. The molecule has 3 rings (SSSR count). The van der Waals surface area contributed by atoms with E-state index in [0.717, 1.165) is 0 Å². The molecule has 1 aliphatic heterocycles. The van der Waals surface area contributed by atoms with Gasteiger partial charge in [-0.15, -0.1) is 0 Å². The first-order valence-corrected chi connectivity index (χ1v) is 6.78. The van der Waals surface area contributed by atoms with E-state index in [1.165, 1.54) is 0 Å². The van der Waals surface area contributed by atoms with Crippen molar-refractivity contribution in [3.05, 3.63) is 58.6 Å². The van der Waals surface area contributed by atoms with E-state index in [0.29, 0.717) is 22.1 Å². The lowest BCUT2D eigenvalue weighted by Crippen LogP contribution is -2.41. The number of ether oxygens (including phenoxy) is 2. The summed E-state index contributed by atoms with van der Waals surface area (Å²) in [5, 5.41) is 0.303. The second-order valence-electron chi connectivity index (χ2n) is 4.46. The average molecular weight is 319 g/mol. The lowest BCUT2D eigenvalue weighted by Gasteiger charge is -2.08. The first-order valence-electron chi connectivity index (χ1n) is 6.40. The quantitative estimate of drug-likeness (QED) is 0.832. The van der Waals surface area contributed by atoms with Crippen molar-refractivity contribution >= 4 is 23.4 Å². The molecule has 0 atom stereocenters. The van der Waals surface area contributed by atoms with Gasteiger partial charge in [0.05, 0.1) is 10.6 Å². The third kappa shape index (κ3) is 2.82. The Morgan fingerprint density at radius 2 is 1.68 bits per heavy atom. The Balaban J connectivity index is 1.65. The monoisotopic (exact) mass is 318 g/mol. The number of carbonyl (C=O) groups is 2. The third-order valence-corrected chi connectivity index (χ3v) is 3.37. The molecule has 0 saturated heterocycles. The molecule has 1 aliphatic rings. The summed E-state index contributed by atoms with van der Waals surface area (Å²) in [4.78, 5) is 23.9. The maximum absolute atomic E-state index is 12.0. The molecule has 2 aromatic rings. The molecule has 0 spiro atoms. The number of amides is 2. The number of halogens is 1. The van der Waals surface area contributed by atoms with Crippen LogP contribution < -0.4 is 20.3 Å². The first-order chi connectivity index (χ1) is 10.6. The van der Waals surface area contributed by atoms with Gasteiger partial charge >= 0.3 is 0 Å². The van der Waals surface area contributed by atoms with Gasteiger partial charge in [0, 0.05) is 5.56 Å². The second kappa shape index (κ2) is 5.95. The van der Waals surface area contributed by atoms with Gasteiger partial charge < -0.3 is 9.47 Å². The van der Waals surface area contributed by atoms with Crippen LogP contribution in [-0.2, 0) is 0 Å². The molecule has 2 amide bonds. The number of fused-ring (bicyclic) bond motifs is 1. The van der Waals surface area contributed by atoms with E-state index in [2.05, 4.69) is 10.9 Å². The summed E-state index contributed by atoms with van der Waals surface area (Å²) in [7, 11) is 0. The fourth-order valence-corrected chi connectivity index (χ4v) is 2.16. The van der Waals surface area contributed by atoms with Crippen molar-refractivity contribution in [1.29, 1.82) is 0 Å².